The van der Waals surface area contributed by atoms with Gasteiger partial charge in [0.1, 0.15) is 0 Å². The summed E-state index contributed by atoms with van der Waals surface area (Å²) in [6.07, 6.45) is 2.05. The molecule has 0 saturated heterocycles. The molecule has 1 aromatic carbocycles. The Labute approximate surface area is 101 Å². The van der Waals surface area contributed by atoms with E-state index in [4.69, 9.17) is 16.2 Å². The van der Waals surface area contributed by atoms with Gasteiger partial charge in [-0.05, 0) is 44.0 Å². The fourth-order valence-corrected chi connectivity index (χ4v) is 2.14. The van der Waals surface area contributed by atoms with E-state index in [9.17, 15) is 4.39 Å². The fraction of sp³-hybridized carbons (Fsp3) is 0.538. The molecule has 0 bridgehead atoms. The molecule has 4 heteroatoms. The van der Waals surface area contributed by atoms with Crippen LogP contribution in [0, 0.1) is 11.2 Å². The topological polar surface area (TPSA) is 61.3 Å². The van der Waals surface area contributed by atoms with E-state index < -0.39 is 0 Å². The van der Waals surface area contributed by atoms with Crippen LogP contribution in [0.3, 0.4) is 0 Å². The van der Waals surface area contributed by atoms with Gasteiger partial charge < -0.3 is 16.2 Å². The number of rotatable bonds is 5. The average molecular weight is 238 g/mol. The van der Waals surface area contributed by atoms with Crippen LogP contribution in [-0.4, -0.2) is 13.2 Å². The standard InChI is InChI=1S/C13H19FN2O/c1-2-17-11-4-3-9(7-10(11)14)12(16)13(8-15)5-6-13/h3-4,7,12H,2,5-6,8,15-16H2,1H3. The molecule has 3 nitrogen and oxygen atoms in total. The first-order valence-electron chi connectivity index (χ1n) is 6.01. The molecule has 94 valence electrons. The predicted molar refractivity (Wildman–Crippen MR) is 65.2 cm³/mol. The molecule has 1 unspecified atom stereocenters. The van der Waals surface area contributed by atoms with Crippen molar-refractivity contribution in [3.8, 4) is 5.75 Å². The summed E-state index contributed by atoms with van der Waals surface area (Å²) < 4.78 is 18.9. The number of hydrogen-bond donors (Lipinski definition) is 2. The van der Waals surface area contributed by atoms with Crippen LogP contribution in [-0.2, 0) is 0 Å². The maximum absolute atomic E-state index is 13.7. The Morgan fingerprint density at radius 3 is 2.65 bits per heavy atom. The maximum atomic E-state index is 13.7. The molecule has 4 N–H and O–H groups in total. The van der Waals surface area contributed by atoms with E-state index in [1.54, 1.807) is 6.07 Å². The Morgan fingerprint density at radius 1 is 1.47 bits per heavy atom. The number of benzene rings is 1. The zero-order valence-electron chi connectivity index (χ0n) is 10.1. The van der Waals surface area contributed by atoms with Crippen LogP contribution in [0.25, 0.3) is 0 Å². The largest absolute Gasteiger partial charge is 0.491 e. The van der Waals surface area contributed by atoms with Gasteiger partial charge in [0.05, 0.1) is 6.61 Å². The molecule has 1 fully saturated rings. The minimum Gasteiger partial charge on any atom is -0.491 e. The fourth-order valence-electron chi connectivity index (χ4n) is 2.14. The highest BCUT2D eigenvalue weighted by Crippen LogP contribution is 2.53. The van der Waals surface area contributed by atoms with Crippen LogP contribution in [0.5, 0.6) is 5.75 Å². The van der Waals surface area contributed by atoms with Crippen LogP contribution in [0.2, 0.25) is 0 Å². The van der Waals surface area contributed by atoms with Crippen molar-refractivity contribution in [3.05, 3.63) is 29.6 Å². The third-order valence-electron chi connectivity index (χ3n) is 3.57. The van der Waals surface area contributed by atoms with E-state index in [-0.39, 0.29) is 23.0 Å². The van der Waals surface area contributed by atoms with E-state index in [1.165, 1.54) is 6.07 Å². The van der Waals surface area contributed by atoms with Crippen molar-refractivity contribution < 1.29 is 9.13 Å². The van der Waals surface area contributed by atoms with Crippen molar-refractivity contribution >= 4 is 0 Å². The second-order valence-corrected chi connectivity index (χ2v) is 4.67. The lowest BCUT2D eigenvalue weighted by atomic mass is 9.91. The highest BCUT2D eigenvalue weighted by atomic mass is 19.1. The smallest absolute Gasteiger partial charge is 0.165 e. The molecule has 0 heterocycles. The molecule has 1 aliphatic carbocycles. The number of halogens is 1. The highest BCUT2D eigenvalue weighted by molar-refractivity contribution is 5.33. The summed E-state index contributed by atoms with van der Waals surface area (Å²) in [5, 5.41) is 0. The zero-order valence-corrected chi connectivity index (χ0v) is 10.1. The van der Waals surface area contributed by atoms with Crippen LogP contribution in [0.15, 0.2) is 18.2 Å². The Kier molecular flexibility index (Phi) is 3.35. The molecule has 0 radical (unpaired) electrons. The van der Waals surface area contributed by atoms with Crippen LogP contribution >= 0.6 is 0 Å². The molecular weight excluding hydrogens is 219 g/mol. The van der Waals surface area contributed by atoms with Gasteiger partial charge in [0.2, 0.25) is 0 Å². The predicted octanol–water partition coefficient (Wildman–Crippen LogP) is 1.96. The highest BCUT2D eigenvalue weighted by Gasteiger charge is 2.47. The van der Waals surface area contributed by atoms with Crippen LogP contribution < -0.4 is 16.2 Å². The van der Waals surface area contributed by atoms with Crippen LogP contribution in [0.1, 0.15) is 31.4 Å². The van der Waals surface area contributed by atoms with Gasteiger partial charge in [-0.1, -0.05) is 6.07 Å². The lowest BCUT2D eigenvalue weighted by Gasteiger charge is -2.22. The van der Waals surface area contributed by atoms with Crippen molar-refractivity contribution in [1.29, 1.82) is 0 Å². The van der Waals surface area contributed by atoms with Crippen molar-refractivity contribution in [2.45, 2.75) is 25.8 Å². The molecule has 0 aliphatic heterocycles. The molecular formula is C13H19FN2O. The molecule has 1 atom stereocenters. The van der Waals surface area contributed by atoms with Crippen molar-refractivity contribution in [2.75, 3.05) is 13.2 Å². The van der Waals surface area contributed by atoms with Gasteiger partial charge in [0.15, 0.2) is 11.6 Å². The van der Waals surface area contributed by atoms with Crippen molar-refractivity contribution in [1.82, 2.24) is 0 Å². The summed E-state index contributed by atoms with van der Waals surface area (Å²) in [4.78, 5) is 0. The van der Waals surface area contributed by atoms with E-state index >= 15 is 0 Å². The van der Waals surface area contributed by atoms with Gasteiger partial charge in [0.25, 0.3) is 0 Å². The van der Waals surface area contributed by atoms with Gasteiger partial charge in [-0.15, -0.1) is 0 Å². The first-order valence-corrected chi connectivity index (χ1v) is 6.01. The summed E-state index contributed by atoms with van der Waals surface area (Å²) in [5.41, 5.74) is 12.7. The lowest BCUT2D eigenvalue weighted by molar-refractivity contribution is 0.320. The van der Waals surface area contributed by atoms with E-state index in [0.717, 1.165) is 18.4 Å². The molecule has 0 amide bonds. The van der Waals surface area contributed by atoms with E-state index in [0.29, 0.717) is 13.2 Å². The SMILES string of the molecule is CCOc1ccc(C(N)C2(CN)CC2)cc1F. The summed E-state index contributed by atoms with van der Waals surface area (Å²) in [6, 6.07) is 4.75. The molecule has 2 rings (SSSR count). The minimum atomic E-state index is -0.354. The average Bonchev–Trinajstić information content (AvgIpc) is 3.12. The second-order valence-electron chi connectivity index (χ2n) is 4.67. The third kappa shape index (κ3) is 2.28. The zero-order chi connectivity index (χ0) is 12.5. The van der Waals surface area contributed by atoms with Gasteiger partial charge in [-0.2, -0.15) is 0 Å². The van der Waals surface area contributed by atoms with E-state index in [1.807, 2.05) is 13.0 Å². The summed E-state index contributed by atoms with van der Waals surface area (Å²) in [5.74, 6) is -0.0753. The Balaban J connectivity index is 2.19. The second kappa shape index (κ2) is 4.63. The Bertz CT molecular complexity index is 404. The Hall–Kier alpha value is -1.13. The first-order chi connectivity index (χ1) is 8.13. The normalized spacial score (nSPS) is 18.8. The molecule has 1 saturated carbocycles. The number of ether oxygens (including phenoxy) is 1. The third-order valence-corrected chi connectivity index (χ3v) is 3.57. The molecule has 0 spiro atoms. The van der Waals surface area contributed by atoms with Gasteiger partial charge >= 0.3 is 0 Å². The van der Waals surface area contributed by atoms with Gasteiger partial charge in [-0.25, -0.2) is 4.39 Å². The summed E-state index contributed by atoms with van der Waals surface area (Å²) in [7, 11) is 0. The Morgan fingerprint density at radius 2 is 2.18 bits per heavy atom. The minimum absolute atomic E-state index is 0.0143. The number of hydrogen-bond acceptors (Lipinski definition) is 3. The van der Waals surface area contributed by atoms with E-state index in [2.05, 4.69) is 0 Å². The van der Waals surface area contributed by atoms with Gasteiger partial charge in [-0.3, -0.25) is 0 Å². The molecule has 1 aromatic rings. The van der Waals surface area contributed by atoms with Crippen LogP contribution in [0.4, 0.5) is 4.39 Å². The quantitative estimate of drug-likeness (QED) is 0.824. The number of nitrogens with two attached hydrogens (primary N) is 2. The molecule has 17 heavy (non-hydrogen) atoms. The molecule has 0 aromatic heterocycles. The first kappa shape index (κ1) is 12.3. The molecule has 1 aliphatic rings. The summed E-state index contributed by atoms with van der Waals surface area (Å²) >= 11 is 0. The lowest BCUT2D eigenvalue weighted by Crippen LogP contribution is -2.29. The maximum Gasteiger partial charge on any atom is 0.165 e. The van der Waals surface area contributed by atoms with Crippen molar-refractivity contribution in [3.63, 3.8) is 0 Å². The monoisotopic (exact) mass is 238 g/mol. The summed E-state index contributed by atoms with van der Waals surface area (Å²) in [6.45, 7) is 2.84. The van der Waals surface area contributed by atoms with Crippen molar-refractivity contribution in [2.24, 2.45) is 16.9 Å². The van der Waals surface area contributed by atoms with Gasteiger partial charge in [0, 0.05) is 11.5 Å².